The molecule has 1 amide bonds. The summed E-state index contributed by atoms with van der Waals surface area (Å²) in [6.45, 7) is 4.05. The fraction of sp³-hybridized carbons (Fsp3) is 0.417. The molecule has 0 unspecified atom stereocenters. The van der Waals surface area contributed by atoms with Crippen LogP contribution in [0, 0.1) is 18.8 Å². The van der Waals surface area contributed by atoms with Crippen molar-refractivity contribution in [2.75, 3.05) is 5.32 Å². The summed E-state index contributed by atoms with van der Waals surface area (Å²) in [5.41, 5.74) is 1.87. The van der Waals surface area contributed by atoms with E-state index in [0.29, 0.717) is 10.9 Å². The molecule has 1 aliphatic rings. The lowest BCUT2D eigenvalue weighted by Gasteiger charge is -2.08. The second-order valence-corrected chi connectivity index (χ2v) is 4.70. The first-order valence-corrected chi connectivity index (χ1v) is 5.52. The van der Waals surface area contributed by atoms with E-state index in [1.165, 1.54) is 0 Å². The summed E-state index contributed by atoms with van der Waals surface area (Å²) in [5.74, 6) is 0.848. The number of carbonyl (C=O) groups excluding carboxylic acids is 1. The molecular formula is C12H14ClNO. The summed E-state index contributed by atoms with van der Waals surface area (Å²) in [6, 6.07) is 5.53. The fourth-order valence-corrected chi connectivity index (χ4v) is 1.81. The average Bonchev–Trinajstić information content (AvgIpc) is 2.89. The summed E-state index contributed by atoms with van der Waals surface area (Å²) >= 11 is 5.87. The number of hydrogen-bond acceptors (Lipinski definition) is 1. The monoisotopic (exact) mass is 223 g/mol. The van der Waals surface area contributed by atoms with E-state index in [0.717, 1.165) is 17.7 Å². The Morgan fingerprint density at radius 2 is 2.20 bits per heavy atom. The summed E-state index contributed by atoms with van der Waals surface area (Å²) in [4.78, 5) is 11.7. The molecule has 15 heavy (non-hydrogen) atoms. The van der Waals surface area contributed by atoms with Crippen LogP contribution in [0.15, 0.2) is 18.2 Å². The molecule has 0 aliphatic heterocycles. The Morgan fingerprint density at radius 3 is 2.80 bits per heavy atom. The highest BCUT2D eigenvalue weighted by Gasteiger charge is 2.39. The minimum atomic E-state index is 0.118. The zero-order valence-corrected chi connectivity index (χ0v) is 9.64. The lowest BCUT2D eigenvalue weighted by molar-refractivity contribution is -0.117. The van der Waals surface area contributed by atoms with Crippen molar-refractivity contribution in [3.05, 3.63) is 28.8 Å². The van der Waals surface area contributed by atoms with E-state index in [1.807, 2.05) is 19.1 Å². The van der Waals surface area contributed by atoms with Crippen molar-refractivity contribution < 1.29 is 4.79 Å². The van der Waals surface area contributed by atoms with Crippen molar-refractivity contribution >= 4 is 23.2 Å². The topological polar surface area (TPSA) is 29.1 Å². The van der Waals surface area contributed by atoms with Gasteiger partial charge in [-0.1, -0.05) is 24.6 Å². The molecule has 0 saturated heterocycles. The lowest BCUT2D eigenvalue weighted by atomic mass is 10.2. The van der Waals surface area contributed by atoms with Crippen LogP contribution in [0.4, 0.5) is 5.69 Å². The van der Waals surface area contributed by atoms with Gasteiger partial charge in [0.1, 0.15) is 0 Å². The van der Waals surface area contributed by atoms with Gasteiger partial charge >= 0.3 is 0 Å². The number of anilines is 1. The van der Waals surface area contributed by atoms with Gasteiger partial charge in [0.2, 0.25) is 5.91 Å². The van der Waals surface area contributed by atoms with Gasteiger partial charge in [-0.05, 0) is 37.0 Å². The predicted octanol–water partition coefficient (Wildman–Crippen LogP) is 3.24. The maximum atomic E-state index is 11.7. The van der Waals surface area contributed by atoms with Crippen LogP contribution in [0.25, 0.3) is 0 Å². The first-order valence-electron chi connectivity index (χ1n) is 5.15. The van der Waals surface area contributed by atoms with Crippen LogP contribution >= 0.6 is 11.6 Å². The molecule has 3 heteroatoms. The van der Waals surface area contributed by atoms with Crippen LogP contribution in [-0.2, 0) is 4.79 Å². The van der Waals surface area contributed by atoms with Gasteiger partial charge in [-0.2, -0.15) is 0 Å². The van der Waals surface area contributed by atoms with Crippen molar-refractivity contribution in [1.29, 1.82) is 0 Å². The zero-order chi connectivity index (χ0) is 11.0. The molecule has 0 aromatic heterocycles. The minimum absolute atomic E-state index is 0.118. The molecule has 1 aromatic rings. The van der Waals surface area contributed by atoms with Gasteiger partial charge in [0, 0.05) is 16.6 Å². The van der Waals surface area contributed by atoms with Gasteiger partial charge < -0.3 is 5.32 Å². The van der Waals surface area contributed by atoms with Crippen molar-refractivity contribution in [3.63, 3.8) is 0 Å². The Morgan fingerprint density at radius 1 is 1.53 bits per heavy atom. The normalized spacial score (nSPS) is 23.7. The fourth-order valence-electron chi connectivity index (χ4n) is 1.64. The van der Waals surface area contributed by atoms with Crippen LogP contribution in [0.3, 0.4) is 0 Å². The molecule has 1 aliphatic carbocycles. The molecule has 1 N–H and O–H groups in total. The number of aryl methyl sites for hydroxylation is 1. The van der Waals surface area contributed by atoms with E-state index in [1.54, 1.807) is 6.07 Å². The molecule has 1 saturated carbocycles. The van der Waals surface area contributed by atoms with Crippen LogP contribution in [-0.4, -0.2) is 5.91 Å². The van der Waals surface area contributed by atoms with Gasteiger partial charge in [-0.3, -0.25) is 4.79 Å². The van der Waals surface area contributed by atoms with Crippen molar-refractivity contribution in [3.8, 4) is 0 Å². The van der Waals surface area contributed by atoms with E-state index in [4.69, 9.17) is 11.6 Å². The summed E-state index contributed by atoms with van der Waals surface area (Å²) in [7, 11) is 0. The Hall–Kier alpha value is -1.02. The number of rotatable bonds is 2. The van der Waals surface area contributed by atoms with E-state index < -0.39 is 0 Å². The Labute approximate surface area is 94.6 Å². The molecular weight excluding hydrogens is 210 g/mol. The molecule has 2 atom stereocenters. The second-order valence-electron chi connectivity index (χ2n) is 4.27. The molecule has 0 bridgehead atoms. The number of nitrogens with one attached hydrogen (secondary N) is 1. The van der Waals surface area contributed by atoms with Crippen LogP contribution in [0.5, 0.6) is 0 Å². The highest BCUT2D eigenvalue weighted by Crippen LogP contribution is 2.38. The van der Waals surface area contributed by atoms with E-state index in [9.17, 15) is 4.79 Å². The summed E-state index contributed by atoms with van der Waals surface area (Å²) < 4.78 is 0. The first-order chi connectivity index (χ1) is 7.08. The van der Waals surface area contributed by atoms with E-state index in [2.05, 4.69) is 12.2 Å². The maximum Gasteiger partial charge on any atom is 0.227 e. The maximum absolute atomic E-state index is 11.7. The molecule has 0 radical (unpaired) electrons. The Bertz CT molecular complexity index is 403. The standard InChI is InChI=1S/C12H14ClNO/c1-7-3-4-9(13)6-11(7)14-12(15)10-5-8(10)2/h3-4,6,8,10H,5H2,1-2H3,(H,14,15)/t8-,10-/m1/s1. The third-order valence-corrected chi connectivity index (χ3v) is 3.14. The van der Waals surface area contributed by atoms with Crippen LogP contribution < -0.4 is 5.32 Å². The van der Waals surface area contributed by atoms with E-state index >= 15 is 0 Å². The van der Waals surface area contributed by atoms with Gasteiger partial charge in [0.25, 0.3) is 0 Å². The summed E-state index contributed by atoms with van der Waals surface area (Å²) in [5, 5.41) is 3.57. The first kappa shape index (κ1) is 10.5. The Balaban J connectivity index is 2.10. The smallest absolute Gasteiger partial charge is 0.227 e. The van der Waals surface area contributed by atoms with Crippen molar-refractivity contribution in [2.45, 2.75) is 20.3 Å². The molecule has 80 valence electrons. The third-order valence-electron chi connectivity index (χ3n) is 2.90. The highest BCUT2D eigenvalue weighted by atomic mass is 35.5. The molecule has 1 aromatic carbocycles. The van der Waals surface area contributed by atoms with Crippen molar-refractivity contribution in [1.82, 2.24) is 0 Å². The number of carbonyl (C=O) groups is 1. The number of halogens is 1. The van der Waals surface area contributed by atoms with E-state index in [-0.39, 0.29) is 11.8 Å². The quantitative estimate of drug-likeness (QED) is 0.820. The largest absolute Gasteiger partial charge is 0.326 e. The SMILES string of the molecule is Cc1ccc(Cl)cc1NC(=O)[C@@H]1C[C@H]1C. The van der Waals surface area contributed by atoms with Gasteiger partial charge in [0.05, 0.1) is 0 Å². The van der Waals surface area contributed by atoms with Gasteiger partial charge in [-0.25, -0.2) is 0 Å². The average molecular weight is 224 g/mol. The highest BCUT2D eigenvalue weighted by molar-refractivity contribution is 6.31. The predicted molar refractivity (Wildman–Crippen MR) is 62.1 cm³/mol. The van der Waals surface area contributed by atoms with Gasteiger partial charge in [0.15, 0.2) is 0 Å². The van der Waals surface area contributed by atoms with Crippen LogP contribution in [0.1, 0.15) is 18.9 Å². The summed E-state index contributed by atoms with van der Waals surface area (Å²) in [6.07, 6.45) is 1.01. The molecule has 2 rings (SSSR count). The van der Waals surface area contributed by atoms with Gasteiger partial charge in [-0.15, -0.1) is 0 Å². The number of hydrogen-bond donors (Lipinski definition) is 1. The second kappa shape index (κ2) is 3.86. The molecule has 0 spiro atoms. The molecule has 1 fully saturated rings. The number of benzene rings is 1. The Kier molecular flexibility index (Phi) is 2.70. The number of amides is 1. The molecule has 2 nitrogen and oxygen atoms in total. The van der Waals surface area contributed by atoms with Crippen LogP contribution in [0.2, 0.25) is 5.02 Å². The lowest BCUT2D eigenvalue weighted by Crippen LogP contribution is -2.15. The van der Waals surface area contributed by atoms with Crippen molar-refractivity contribution in [2.24, 2.45) is 11.8 Å². The zero-order valence-electron chi connectivity index (χ0n) is 8.88. The molecule has 0 heterocycles. The third kappa shape index (κ3) is 2.32. The minimum Gasteiger partial charge on any atom is -0.326 e.